The van der Waals surface area contributed by atoms with Crippen molar-refractivity contribution in [3.63, 3.8) is 0 Å². The monoisotopic (exact) mass is 418 g/mol. The van der Waals surface area contributed by atoms with Gasteiger partial charge in [0.15, 0.2) is 0 Å². The van der Waals surface area contributed by atoms with Crippen LogP contribution in [0.4, 0.5) is 26.7 Å². The number of nitrogens with one attached hydrogen (secondary N) is 3. The Morgan fingerprint density at radius 1 is 0.871 bits per heavy atom. The van der Waals surface area contributed by atoms with E-state index in [4.69, 9.17) is 4.74 Å². The second kappa shape index (κ2) is 10.7. The van der Waals surface area contributed by atoms with Crippen LogP contribution in [0.3, 0.4) is 0 Å². The van der Waals surface area contributed by atoms with Gasteiger partial charge in [0.1, 0.15) is 5.75 Å². The molecule has 0 saturated carbocycles. The number of hydrogen-bond acceptors (Lipinski definition) is 3. The second-order valence-electron chi connectivity index (χ2n) is 6.90. The second-order valence-corrected chi connectivity index (χ2v) is 6.90. The Morgan fingerprint density at radius 3 is 2.29 bits per heavy atom. The number of methoxy groups -OCH3 is 1. The third kappa shape index (κ3) is 6.50. The summed E-state index contributed by atoms with van der Waals surface area (Å²) in [5.41, 5.74) is 3.16. The molecule has 0 saturated heterocycles. The average Bonchev–Trinajstić information content (AvgIpc) is 2.78. The predicted octanol–water partition coefficient (Wildman–Crippen LogP) is 4.86. The summed E-state index contributed by atoms with van der Waals surface area (Å²) in [6.07, 6.45) is 0. The van der Waals surface area contributed by atoms with Crippen molar-refractivity contribution < 1.29 is 14.3 Å². The average molecular weight is 418 g/mol. The summed E-state index contributed by atoms with van der Waals surface area (Å²) in [5, 5.41) is 8.46. The highest BCUT2D eigenvalue weighted by molar-refractivity contribution is 6.01. The topological polar surface area (TPSA) is 82.7 Å². The van der Waals surface area contributed by atoms with E-state index in [0.29, 0.717) is 18.0 Å². The van der Waals surface area contributed by atoms with Gasteiger partial charge >= 0.3 is 12.1 Å². The van der Waals surface area contributed by atoms with E-state index >= 15 is 0 Å². The van der Waals surface area contributed by atoms with Crippen molar-refractivity contribution in [2.75, 3.05) is 35.7 Å². The van der Waals surface area contributed by atoms with Gasteiger partial charge in [-0.1, -0.05) is 30.3 Å². The molecule has 3 aromatic carbocycles. The minimum absolute atomic E-state index is 0.269. The Morgan fingerprint density at radius 2 is 1.61 bits per heavy atom. The van der Waals surface area contributed by atoms with Crippen molar-refractivity contribution in [3.8, 4) is 5.75 Å². The van der Waals surface area contributed by atoms with Crippen molar-refractivity contribution in [3.05, 3.63) is 84.4 Å². The lowest BCUT2D eigenvalue weighted by molar-refractivity contribution is 0.250. The highest BCUT2D eigenvalue weighted by Gasteiger charge is 2.16. The fourth-order valence-corrected chi connectivity index (χ4v) is 3.00. The first kappa shape index (κ1) is 21.7. The molecule has 0 atom stereocenters. The Hall–Kier alpha value is -4.00. The number of carbonyl (C=O) groups is 2. The van der Waals surface area contributed by atoms with E-state index in [9.17, 15) is 9.59 Å². The molecule has 0 heterocycles. The number of amides is 4. The molecule has 0 aliphatic heterocycles. The lowest BCUT2D eigenvalue weighted by Crippen LogP contribution is -2.42. The van der Waals surface area contributed by atoms with E-state index in [1.165, 1.54) is 0 Å². The maximum Gasteiger partial charge on any atom is 0.326 e. The van der Waals surface area contributed by atoms with Crippen molar-refractivity contribution >= 4 is 29.1 Å². The van der Waals surface area contributed by atoms with Crippen molar-refractivity contribution in [1.82, 2.24) is 5.32 Å². The summed E-state index contributed by atoms with van der Waals surface area (Å²) in [5.74, 6) is 0.712. The van der Waals surface area contributed by atoms with Crippen LogP contribution in [-0.4, -0.2) is 32.3 Å². The zero-order valence-corrected chi connectivity index (χ0v) is 17.6. The fourth-order valence-electron chi connectivity index (χ4n) is 3.00. The van der Waals surface area contributed by atoms with Crippen LogP contribution in [-0.2, 0) is 0 Å². The maximum atomic E-state index is 12.9. The number of hydrogen-bond donors (Lipinski definition) is 3. The van der Waals surface area contributed by atoms with Gasteiger partial charge in [-0.05, 0) is 61.0 Å². The molecule has 160 valence electrons. The van der Waals surface area contributed by atoms with Gasteiger partial charge in [0, 0.05) is 30.2 Å². The number of aryl methyl sites for hydroxylation is 1. The normalized spacial score (nSPS) is 10.1. The molecule has 0 aliphatic rings. The van der Waals surface area contributed by atoms with E-state index in [0.717, 1.165) is 16.9 Å². The maximum absolute atomic E-state index is 12.9. The highest BCUT2D eigenvalue weighted by atomic mass is 16.5. The standard InChI is InChI=1S/C24H26N4O3/c1-18-7-6-8-20(17-18)27-24(30)28(21-9-4-3-5-10-21)16-15-25-23(29)26-19-11-13-22(31-2)14-12-19/h3-14,17H,15-16H2,1-2H3,(H,27,30)(H2,25,26,29). The smallest absolute Gasteiger partial charge is 0.326 e. The minimum atomic E-state index is -0.350. The molecule has 4 amide bonds. The van der Waals surface area contributed by atoms with Crippen molar-refractivity contribution in [2.45, 2.75) is 6.92 Å². The first-order valence-corrected chi connectivity index (χ1v) is 9.94. The van der Waals surface area contributed by atoms with Gasteiger partial charge in [-0.2, -0.15) is 0 Å². The summed E-state index contributed by atoms with van der Waals surface area (Å²) in [7, 11) is 1.59. The van der Waals surface area contributed by atoms with E-state index in [2.05, 4.69) is 16.0 Å². The van der Waals surface area contributed by atoms with E-state index in [1.54, 1.807) is 36.3 Å². The van der Waals surface area contributed by atoms with Crippen LogP contribution in [0.25, 0.3) is 0 Å². The van der Waals surface area contributed by atoms with Gasteiger partial charge in [0.05, 0.1) is 7.11 Å². The van der Waals surface area contributed by atoms with Crippen LogP contribution < -0.4 is 25.6 Å². The van der Waals surface area contributed by atoms with Gasteiger partial charge in [0.2, 0.25) is 0 Å². The van der Waals surface area contributed by atoms with Gasteiger partial charge < -0.3 is 20.7 Å². The minimum Gasteiger partial charge on any atom is -0.497 e. The van der Waals surface area contributed by atoms with Crippen LogP contribution in [0.2, 0.25) is 0 Å². The van der Waals surface area contributed by atoms with Gasteiger partial charge in [0.25, 0.3) is 0 Å². The molecule has 0 unspecified atom stereocenters. The van der Waals surface area contributed by atoms with Gasteiger partial charge in [-0.3, -0.25) is 4.90 Å². The summed E-state index contributed by atoms with van der Waals surface area (Å²) in [6, 6.07) is 23.4. The van der Waals surface area contributed by atoms with Gasteiger partial charge in [-0.15, -0.1) is 0 Å². The lowest BCUT2D eigenvalue weighted by Gasteiger charge is -2.23. The number of urea groups is 2. The number of carbonyl (C=O) groups excluding carboxylic acids is 2. The summed E-state index contributed by atoms with van der Waals surface area (Å²) < 4.78 is 5.11. The van der Waals surface area contributed by atoms with E-state index in [-0.39, 0.29) is 18.6 Å². The molecule has 0 spiro atoms. The molecule has 0 aliphatic carbocycles. The van der Waals surface area contributed by atoms with Crippen molar-refractivity contribution in [2.24, 2.45) is 0 Å². The quantitative estimate of drug-likeness (QED) is 0.512. The summed E-state index contributed by atoms with van der Waals surface area (Å²) in [4.78, 5) is 26.7. The van der Waals surface area contributed by atoms with Crippen LogP contribution in [0.1, 0.15) is 5.56 Å². The molecule has 7 nitrogen and oxygen atoms in total. The molecular weight excluding hydrogens is 392 g/mol. The molecule has 0 radical (unpaired) electrons. The molecule has 0 aromatic heterocycles. The third-order valence-electron chi connectivity index (χ3n) is 4.55. The zero-order chi connectivity index (χ0) is 22.1. The summed E-state index contributed by atoms with van der Waals surface area (Å²) in [6.45, 7) is 2.55. The van der Waals surface area contributed by atoms with Crippen LogP contribution in [0, 0.1) is 6.92 Å². The largest absolute Gasteiger partial charge is 0.497 e. The Bertz CT molecular complexity index is 1010. The number of nitrogens with zero attached hydrogens (tertiary/aromatic N) is 1. The zero-order valence-electron chi connectivity index (χ0n) is 17.6. The SMILES string of the molecule is COc1ccc(NC(=O)NCCN(C(=O)Nc2cccc(C)c2)c2ccccc2)cc1. The molecule has 3 aromatic rings. The van der Waals surface area contributed by atoms with Gasteiger partial charge in [-0.25, -0.2) is 9.59 Å². The molecular formula is C24H26N4O3. The van der Waals surface area contributed by atoms with E-state index in [1.807, 2.05) is 61.5 Å². The Balaban J connectivity index is 1.59. The van der Waals surface area contributed by atoms with Crippen LogP contribution >= 0.6 is 0 Å². The third-order valence-corrected chi connectivity index (χ3v) is 4.55. The molecule has 3 rings (SSSR count). The number of ether oxygens (including phenoxy) is 1. The Labute approximate surface area is 182 Å². The number of rotatable bonds is 7. The molecule has 31 heavy (non-hydrogen) atoms. The number of anilines is 3. The molecule has 7 heteroatoms. The first-order valence-electron chi connectivity index (χ1n) is 9.94. The van der Waals surface area contributed by atoms with Crippen molar-refractivity contribution in [1.29, 1.82) is 0 Å². The molecule has 0 fully saturated rings. The Kier molecular flexibility index (Phi) is 7.48. The lowest BCUT2D eigenvalue weighted by atomic mass is 10.2. The summed E-state index contributed by atoms with van der Waals surface area (Å²) >= 11 is 0. The van der Waals surface area contributed by atoms with Crippen LogP contribution in [0.15, 0.2) is 78.9 Å². The van der Waals surface area contributed by atoms with E-state index < -0.39 is 0 Å². The van der Waals surface area contributed by atoms with Crippen LogP contribution in [0.5, 0.6) is 5.75 Å². The first-order chi connectivity index (χ1) is 15.0. The highest BCUT2D eigenvalue weighted by Crippen LogP contribution is 2.17. The molecule has 3 N–H and O–H groups in total. The fraction of sp³-hybridized carbons (Fsp3) is 0.167. The number of para-hydroxylation sites is 1. The predicted molar refractivity (Wildman–Crippen MR) is 124 cm³/mol. The number of benzene rings is 3. The molecule has 0 bridgehead atoms.